The Morgan fingerprint density at radius 3 is 2.76 bits per heavy atom. The maximum atomic E-state index is 11.6. The summed E-state index contributed by atoms with van der Waals surface area (Å²) in [7, 11) is 0. The lowest BCUT2D eigenvalue weighted by molar-refractivity contribution is -0.123. The third kappa shape index (κ3) is 2.99. The third-order valence-corrected chi connectivity index (χ3v) is 9.63. The number of carbonyl (C=O) groups excluding carboxylic acids is 1. The first-order chi connectivity index (χ1) is 13.9. The summed E-state index contributed by atoms with van der Waals surface area (Å²) in [5.74, 6) is 3.44. The largest absolute Gasteiger partial charge is 0.354 e. The predicted octanol–water partition coefficient (Wildman–Crippen LogP) is 5.62. The molecule has 0 spiro atoms. The zero-order chi connectivity index (χ0) is 20.2. The number of fused-ring (bicyclic) bond motifs is 5. The lowest BCUT2D eigenvalue weighted by Crippen LogP contribution is -2.55. The Morgan fingerprint density at radius 1 is 1.14 bits per heavy atom. The second-order valence-electron chi connectivity index (χ2n) is 10.9. The SMILES string of the molecule is CC(=O)N[C@@H]1CC[C@@]2(C)C(CC[C@@H]3[C@@H]2CC[C@]2(C)C(c4cccnc4)=CC[C@@H]32)C1. The van der Waals surface area contributed by atoms with Crippen LogP contribution in [0.3, 0.4) is 0 Å². The van der Waals surface area contributed by atoms with Crippen molar-refractivity contribution in [2.45, 2.75) is 78.2 Å². The van der Waals surface area contributed by atoms with Gasteiger partial charge in [-0.15, -0.1) is 0 Å². The molecule has 0 aliphatic heterocycles. The molecule has 1 amide bonds. The standard InChI is InChI=1S/C26H36N2O/c1-17(29)28-20-10-12-25(2)19(15-20)6-7-21-23-9-8-22(18-5-4-14-27-16-18)26(23,3)13-11-24(21)25/h4-5,8,14,16,19-21,23-24H,6-7,9-13,15H2,1-3H3,(H,28,29)/t19?,20-,21+,23+,24+,25+,26-/m1/s1. The Morgan fingerprint density at radius 2 is 2.00 bits per heavy atom. The van der Waals surface area contributed by atoms with Crippen molar-refractivity contribution in [3.63, 3.8) is 0 Å². The molecule has 1 N–H and O–H groups in total. The number of nitrogens with zero attached hydrogens (tertiary/aromatic N) is 1. The summed E-state index contributed by atoms with van der Waals surface area (Å²) in [5, 5.41) is 3.22. The van der Waals surface area contributed by atoms with E-state index in [0.29, 0.717) is 16.9 Å². The zero-order valence-electron chi connectivity index (χ0n) is 18.3. The summed E-state index contributed by atoms with van der Waals surface area (Å²) in [6, 6.07) is 4.74. The molecule has 3 nitrogen and oxygen atoms in total. The molecule has 3 fully saturated rings. The van der Waals surface area contributed by atoms with Crippen molar-refractivity contribution in [1.29, 1.82) is 0 Å². The molecule has 5 rings (SSSR count). The molecule has 1 heterocycles. The fourth-order valence-corrected chi connectivity index (χ4v) is 8.21. The van der Waals surface area contributed by atoms with Crippen LogP contribution in [0.2, 0.25) is 0 Å². The van der Waals surface area contributed by atoms with Crippen LogP contribution in [0.4, 0.5) is 0 Å². The van der Waals surface area contributed by atoms with Gasteiger partial charge in [0.05, 0.1) is 0 Å². The highest BCUT2D eigenvalue weighted by Gasteiger charge is 2.58. The molecule has 156 valence electrons. The molecule has 3 heteroatoms. The normalized spacial score (nSPS) is 43.6. The topological polar surface area (TPSA) is 42.0 Å². The van der Waals surface area contributed by atoms with Crippen LogP contribution in [0, 0.1) is 34.5 Å². The van der Waals surface area contributed by atoms with Crippen molar-refractivity contribution in [3.8, 4) is 0 Å². The smallest absolute Gasteiger partial charge is 0.217 e. The summed E-state index contributed by atoms with van der Waals surface area (Å²) in [6.45, 7) is 6.81. The zero-order valence-corrected chi connectivity index (χ0v) is 18.3. The molecular formula is C26H36N2O. The Labute approximate surface area is 175 Å². The van der Waals surface area contributed by atoms with Crippen LogP contribution in [-0.2, 0) is 4.79 Å². The first kappa shape index (κ1) is 19.3. The Kier molecular flexibility index (Phi) is 4.64. The van der Waals surface area contributed by atoms with Gasteiger partial charge in [0.15, 0.2) is 0 Å². The predicted molar refractivity (Wildman–Crippen MR) is 117 cm³/mol. The molecule has 4 aliphatic carbocycles. The monoisotopic (exact) mass is 392 g/mol. The van der Waals surface area contributed by atoms with Gasteiger partial charge in [-0.25, -0.2) is 0 Å². The second kappa shape index (κ2) is 6.96. The number of nitrogens with one attached hydrogen (secondary N) is 1. The molecule has 4 aliphatic rings. The summed E-state index contributed by atoms with van der Waals surface area (Å²) < 4.78 is 0. The average molecular weight is 393 g/mol. The van der Waals surface area contributed by atoms with E-state index in [1.54, 1.807) is 12.5 Å². The Hall–Kier alpha value is -1.64. The molecule has 1 unspecified atom stereocenters. The Bertz CT molecular complexity index is 817. The molecule has 3 saturated carbocycles. The molecular weight excluding hydrogens is 356 g/mol. The average Bonchev–Trinajstić information content (AvgIpc) is 3.06. The van der Waals surface area contributed by atoms with Gasteiger partial charge in [-0.3, -0.25) is 9.78 Å². The third-order valence-electron chi connectivity index (χ3n) is 9.63. The van der Waals surface area contributed by atoms with E-state index in [0.717, 1.165) is 30.1 Å². The molecule has 7 atom stereocenters. The first-order valence-corrected chi connectivity index (χ1v) is 11.8. The van der Waals surface area contributed by atoms with Gasteiger partial charge < -0.3 is 5.32 Å². The van der Waals surface area contributed by atoms with Gasteiger partial charge >= 0.3 is 0 Å². The first-order valence-electron chi connectivity index (χ1n) is 11.8. The molecule has 1 aromatic heterocycles. The van der Waals surface area contributed by atoms with Gasteiger partial charge in [0, 0.05) is 25.4 Å². The van der Waals surface area contributed by atoms with Crippen molar-refractivity contribution >= 4 is 11.5 Å². The molecule has 1 aromatic rings. The minimum absolute atomic E-state index is 0.140. The van der Waals surface area contributed by atoms with Crippen molar-refractivity contribution in [2.24, 2.45) is 34.5 Å². The summed E-state index contributed by atoms with van der Waals surface area (Å²) in [5.41, 5.74) is 3.69. The minimum atomic E-state index is 0.140. The van der Waals surface area contributed by atoms with Crippen molar-refractivity contribution < 1.29 is 4.79 Å². The van der Waals surface area contributed by atoms with Crippen LogP contribution >= 0.6 is 0 Å². The van der Waals surface area contributed by atoms with Gasteiger partial charge in [0.2, 0.25) is 5.91 Å². The van der Waals surface area contributed by atoms with E-state index in [4.69, 9.17) is 0 Å². The number of hydrogen-bond donors (Lipinski definition) is 1. The Balaban J connectivity index is 1.37. The van der Waals surface area contributed by atoms with Crippen LogP contribution < -0.4 is 5.32 Å². The molecule has 29 heavy (non-hydrogen) atoms. The van der Waals surface area contributed by atoms with E-state index in [-0.39, 0.29) is 5.91 Å². The second-order valence-corrected chi connectivity index (χ2v) is 10.9. The van der Waals surface area contributed by atoms with E-state index in [2.05, 4.69) is 48.6 Å². The summed E-state index contributed by atoms with van der Waals surface area (Å²) in [4.78, 5) is 16.0. The fraction of sp³-hybridized carbons (Fsp3) is 0.692. The molecule has 0 saturated heterocycles. The van der Waals surface area contributed by atoms with Gasteiger partial charge in [-0.05, 0) is 103 Å². The molecule has 0 bridgehead atoms. The van der Waals surface area contributed by atoms with Crippen molar-refractivity contribution in [1.82, 2.24) is 10.3 Å². The molecule has 0 aromatic carbocycles. The van der Waals surface area contributed by atoms with Gasteiger partial charge in [0.25, 0.3) is 0 Å². The van der Waals surface area contributed by atoms with Gasteiger partial charge in [0.1, 0.15) is 0 Å². The number of carbonyl (C=O) groups is 1. The van der Waals surface area contributed by atoms with E-state index >= 15 is 0 Å². The highest BCUT2D eigenvalue weighted by molar-refractivity contribution is 5.73. The fourth-order valence-electron chi connectivity index (χ4n) is 8.21. The van der Waals surface area contributed by atoms with Gasteiger partial charge in [-0.2, -0.15) is 0 Å². The van der Waals surface area contributed by atoms with Crippen LogP contribution in [0.5, 0.6) is 0 Å². The lowest BCUT2D eigenvalue weighted by atomic mass is 9.44. The van der Waals surface area contributed by atoms with E-state index < -0.39 is 0 Å². The van der Waals surface area contributed by atoms with E-state index in [9.17, 15) is 4.79 Å². The number of rotatable bonds is 2. The highest BCUT2D eigenvalue weighted by atomic mass is 16.1. The van der Waals surface area contributed by atoms with E-state index in [1.807, 2.05) is 6.20 Å². The van der Waals surface area contributed by atoms with Crippen molar-refractivity contribution in [3.05, 3.63) is 36.2 Å². The lowest BCUT2D eigenvalue weighted by Gasteiger charge is -2.61. The number of allylic oxidation sites excluding steroid dienone is 2. The van der Waals surface area contributed by atoms with Crippen LogP contribution in [0.15, 0.2) is 30.6 Å². The van der Waals surface area contributed by atoms with Gasteiger partial charge in [-0.1, -0.05) is 26.0 Å². The van der Waals surface area contributed by atoms with Crippen LogP contribution in [-0.4, -0.2) is 16.9 Å². The number of amides is 1. The maximum absolute atomic E-state index is 11.6. The number of pyridine rings is 1. The summed E-state index contributed by atoms with van der Waals surface area (Å²) >= 11 is 0. The van der Waals surface area contributed by atoms with Crippen molar-refractivity contribution in [2.75, 3.05) is 0 Å². The highest BCUT2D eigenvalue weighted by Crippen LogP contribution is 2.67. The molecule has 0 radical (unpaired) electrons. The maximum Gasteiger partial charge on any atom is 0.217 e. The summed E-state index contributed by atoms with van der Waals surface area (Å²) in [6.07, 6.45) is 16.8. The number of hydrogen-bond acceptors (Lipinski definition) is 2. The van der Waals surface area contributed by atoms with Crippen LogP contribution in [0.1, 0.15) is 77.7 Å². The quantitative estimate of drug-likeness (QED) is 0.709. The van der Waals surface area contributed by atoms with Crippen LogP contribution in [0.25, 0.3) is 5.57 Å². The number of aromatic nitrogens is 1. The van der Waals surface area contributed by atoms with E-state index in [1.165, 1.54) is 50.5 Å². The minimum Gasteiger partial charge on any atom is -0.354 e.